The second-order valence-electron chi connectivity index (χ2n) is 4.44. The van der Waals surface area contributed by atoms with Crippen LogP contribution in [0.3, 0.4) is 0 Å². The van der Waals surface area contributed by atoms with Crippen molar-refractivity contribution in [2.24, 2.45) is 0 Å². The highest BCUT2D eigenvalue weighted by Crippen LogP contribution is 2.22. The summed E-state index contributed by atoms with van der Waals surface area (Å²) >= 11 is 1.51. The molecule has 0 amide bonds. The zero-order chi connectivity index (χ0) is 14.8. The number of rotatable bonds is 3. The highest BCUT2D eigenvalue weighted by molar-refractivity contribution is 7.99. The predicted molar refractivity (Wildman–Crippen MR) is 82.4 cm³/mol. The molecule has 0 fully saturated rings. The van der Waals surface area contributed by atoms with Crippen LogP contribution in [0.25, 0.3) is 22.5 Å². The lowest BCUT2D eigenvalue weighted by atomic mass is 10.1. The third kappa shape index (κ3) is 2.67. The van der Waals surface area contributed by atoms with Crippen LogP contribution in [0.15, 0.2) is 44.8 Å². The number of fused-ring (bicyclic) bond motifs is 1. The topological polar surface area (TPSA) is 68.9 Å². The van der Waals surface area contributed by atoms with Gasteiger partial charge in [0.15, 0.2) is 10.8 Å². The van der Waals surface area contributed by atoms with Gasteiger partial charge < -0.3 is 4.42 Å². The zero-order valence-electron chi connectivity index (χ0n) is 11.7. The normalized spacial score (nSPS) is 11.0. The quantitative estimate of drug-likeness (QED) is 0.547. The van der Waals surface area contributed by atoms with Crippen molar-refractivity contribution in [3.63, 3.8) is 0 Å². The highest BCUT2D eigenvalue weighted by atomic mass is 32.2. The summed E-state index contributed by atoms with van der Waals surface area (Å²) in [7, 11) is 0. The second kappa shape index (κ2) is 5.65. The number of aromatic nitrogens is 3. The van der Waals surface area contributed by atoms with Crippen LogP contribution in [0.2, 0.25) is 0 Å². The molecule has 0 aliphatic rings. The minimum Gasteiger partial charge on any atom is -0.403 e. The number of hydrogen-bond acceptors (Lipinski definition) is 6. The van der Waals surface area contributed by atoms with Gasteiger partial charge in [-0.1, -0.05) is 36.9 Å². The lowest BCUT2D eigenvalue weighted by Crippen LogP contribution is -2.06. The maximum absolute atomic E-state index is 12.1. The fourth-order valence-electron chi connectivity index (χ4n) is 1.97. The maximum atomic E-state index is 12.1. The first-order valence-corrected chi connectivity index (χ1v) is 7.54. The first-order chi connectivity index (χ1) is 10.2. The van der Waals surface area contributed by atoms with Crippen molar-refractivity contribution in [1.82, 2.24) is 15.0 Å². The minimum atomic E-state index is -0.466. The first-order valence-electron chi connectivity index (χ1n) is 6.55. The largest absolute Gasteiger partial charge is 0.403 e. The van der Waals surface area contributed by atoms with Crippen LogP contribution < -0.4 is 5.63 Å². The molecule has 0 saturated carbocycles. The Morgan fingerprint density at radius 3 is 2.81 bits per heavy atom. The summed E-state index contributed by atoms with van der Waals surface area (Å²) in [5, 5.41) is 0.909. The summed E-state index contributed by atoms with van der Waals surface area (Å²) in [4.78, 5) is 24.9. The monoisotopic (exact) mass is 299 g/mol. The van der Waals surface area contributed by atoms with E-state index >= 15 is 0 Å². The summed E-state index contributed by atoms with van der Waals surface area (Å²) in [5.41, 5.74) is 1.69. The van der Waals surface area contributed by atoms with E-state index in [9.17, 15) is 4.79 Å². The third-order valence-electron chi connectivity index (χ3n) is 3.01. The molecule has 2 heterocycles. The molecular weight excluding hydrogens is 286 g/mol. The first kappa shape index (κ1) is 13.8. The van der Waals surface area contributed by atoms with Gasteiger partial charge in [0.25, 0.3) is 0 Å². The van der Waals surface area contributed by atoms with Gasteiger partial charge in [-0.3, -0.25) is 0 Å². The Morgan fingerprint density at radius 2 is 2.05 bits per heavy atom. The molecule has 0 N–H and O–H groups in total. The maximum Gasteiger partial charge on any atom is 0.350 e. The Labute approximate surface area is 125 Å². The van der Waals surface area contributed by atoms with Gasteiger partial charge in [-0.2, -0.15) is 4.98 Å². The van der Waals surface area contributed by atoms with E-state index in [1.54, 1.807) is 0 Å². The number of aryl methyl sites for hydroxylation is 1. The van der Waals surface area contributed by atoms with Crippen LogP contribution in [-0.2, 0) is 0 Å². The molecular formula is C15H13N3O2S. The van der Waals surface area contributed by atoms with E-state index in [1.165, 1.54) is 18.0 Å². The van der Waals surface area contributed by atoms with Gasteiger partial charge >= 0.3 is 5.63 Å². The fraction of sp³-hybridized carbons (Fsp3) is 0.200. The van der Waals surface area contributed by atoms with Gasteiger partial charge in [-0.15, -0.1) is 0 Å². The molecule has 21 heavy (non-hydrogen) atoms. The fourth-order valence-corrected chi connectivity index (χ4v) is 2.51. The van der Waals surface area contributed by atoms with Crippen molar-refractivity contribution >= 4 is 22.8 Å². The minimum absolute atomic E-state index is 0.289. The van der Waals surface area contributed by atoms with Crippen LogP contribution >= 0.6 is 11.8 Å². The Kier molecular flexibility index (Phi) is 3.70. The molecule has 3 rings (SSSR count). The molecule has 0 saturated heterocycles. The van der Waals surface area contributed by atoms with E-state index in [1.807, 2.05) is 38.1 Å². The Hall–Kier alpha value is -2.21. The van der Waals surface area contributed by atoms with Crippen LogP contribution in [0, 0.1) is 6.92 Å². The van der Waals surface area contributed by atoms with E-state index < -0.39 is 5.63 Å². The molecule has 0 aliphatic heterocycles. The third-order valence-corrected chi connectivity index (χ3v) is 3.76. The van der Waals surface area contributed by atoms with Gasteiger partial charge in [-0.25, -0.2) is 14.8 Å². The lowest BCUT2D eigenvalue weighted by molar-refractivity contribution is 0.516. The molecule has 1 aromatic carbocycles. The van der Waals surface area contributed by atoms with E-state index in [0.29, 0.717) is 16.2 Å². The van der Waals surface area contributed by atoms with Crippen molar-refractivity contribution in [3.8, 4) is 11.5 Å². The Morgan fingerprint density at radius 1 is 1.24 bits per heavy atom. The Bertz CT molecular complexity index is 861. The number of nitrogens with zero attached hydrogens (tertiary/aromatic N) is 3. The van der Waals surface area contributed by atoms with E-state index in [4.69, 9.17) is 4.42 Å². The van der Waals surface area contributed by atoms with Crippen LogP contribution in [0.1, 0.15) is 12.5 Å². The lowest BCUT2D eigenvalue weighted by Gasteiger charge is -2.04. The summed E-state index contributed by atoms with van der Waals surface area (Å²) in [6, 6.07) is 7.62. The molecule has 6 heteroatoms. The zero-order valence-corrected chi connectivity index (χ0v) is 12.5. The molecule has 0 atom stereocenters. The van der Waals surface area contributed by atoms with Crippen LogP contribution in [0.5, 0.6) is 0 Å². The van der Waals surface area contributed by atoms with Gasteiger partial charge in [0.1, 0.15) is 5.39 Å². The molecule has 5 nitrogen and oxygen atoms in total. The number of hydrogen-bond donors (Lipinski definition) is 0. The van der Waals surface area contributed by atoms with Crippen molar-refractivity contribution in [1.29, 1.82) is 0 Å². The van der Waals surface area contributed by atoms with Gasteiger partial charge in [0.2, 0.25) is 5.89 Å². The average Bonchev–Trinajstić information content (AvgIpc) is 2.47. The standard InChI is InChI=1S/C15H13N3O2S/c1-3-21-15-16-8-11-12(18-15)17-13(20-14(11)19)10-7-5-4-6-9(10)2/h4-8H,3H2,1-2H3. The van der Waals surface area contributed by atoms with Gasteiger partial charge in [0, 0.05) is 11.8 Å². The highest BCUT2D eigenvalue weighted by Gasteiger charge is 2.12. The molecule has 0 aliphatic carbocycles. The van der Waals surface area contributed by atoms with E-state index in [0.717, 1.165) is 16.9 Å². The summed E-state index contributed by atoms with van der Waals surface area (Å²) < 4.78 is 5.30. The van der Waals surface area contributed by atoms with Crippen LogP contribution in [0.4, 0.5) is 0 Å². The molecule has 106 valence electrons. The summed E-state index contributed by atoms with van der Waals surface area (Å²) in [6.45, 7) is 3.96. The SMILES string of the molecule is CCSc1ncc2c(=O)oc(-c3ccccc3C)nc2n1. The number of benzene rings is 1. The molecule has 0 spiro atoms. The van der Waals surface area contributed by atoms with Crippen LogP contribution in [-0.4, -0.2) is 20.7 Å². The molecule has 0 radical (unpaired) electrons. The van der Waals surface area contributed by atoms with E-state index in [-0.39, 0.29) is 5.89 Å². The smallest absolute Gasteiger partial charge is 0.350 e. The summed E-state index contributed by atoms with van der Waals surface area (Å²) in [5.74, 6) is 1.15. The predicted octanol–water partition coefficient (Wildman–Crippen LogP) is 3.07. The second-order valence-corrected chi connectivity index (χ2v) is 5.68. The van der Waals surface area contributed by atoms with Crippen molar-refractivity contribution in [2.75, 3.05) is 5.75 Å². The average molecular weight is 299 g/mol. The van der Waals surface area contributed by atoms with Crippen molar-refractivity contribution < 1.29 is 4.42 Å². The summed E-state index contributed by atoms with van der Waals surface area (Å²) in [6.07, 6.45) is 1.47. The van der Waals surface area contributed by atoms with Crippen molar-refractivity contribution in [2.45, 2.75) is 19.0 Å². The Balaban J connectivity index is 2.22. The number of thioether (sulfide) groups is 1. The molecule has 2 aromatic heterocycles. The van der Waals surface area contributed by atoms with Gasteiger partial charge in [0.05, 0.1) is 0 Å². The molecule has 0 unspecified atom stereocenters. The van der Waals surface area contributed by atoms with Crippen molar-refractivity contribution in [3.05, 3.63) is 46.4 Å². The van der Waals surface area contributed by atoms with Gasteiger partial charge in [-0.05, 0) is 24.3 Å². The molecule has 3 aromatic rings. The van der Waals surface area contributed by atoms with E-state index in [2.05, 4.69) is 15.0 Å². The molecule has 0 bridgehead atoms.